The molecule has 13 heavy (non-hydrogen) atoms. The molecule has 0 bridgehead atoms. The van der Waals surface area contributed by atoms with Crippen LogP contribution in [0.1, 0.15) is 32.1 Å². The van der Waals surface area contributed by atoms with Gasteiger partial charge in [0.15, 0.2) is 0 Å². The van der Waals surface area contributed by atoms with Crippen molar-refractivity contribution in [1.82, 2.24) is 5.43 Å². The molecule has 2 fully saturated rings. The first kappa shape index (κ1) is 9.44. The molecule has 3 N–H and O–H groups in total. The number of nitrogens with two attached hydrogens (primary N) is 1. The van der Waals surface area contributed by atoms with Gasteiger partial charge in [-0.15, -0.1) is 0 Å². The van der Waals surface area contributed by atoms with Crippen molar-refractivity contribution in [2.75, 3.05) is 13.2 Å². The minimum atomic E-state index is 0.505. The summed E-state index contributed by atoms with van der Waals surface area (Å²) < 4.78 is 5.40. The Morgan fingerprint density at radius 3 is 2.46 bits per heavy atom. The van der Waals surface area contributed by atoms with E-state index in [1.165, 1.54) is 32.1 Å². The quantitative estimate of drug-likeness (QED) is 0.509. The molecule has 0 aromatic heterocycles. The van der Waals surface area contributed by atoms with E-state index in [0.717, 1.165) is 19.1 Å². The van der Waals surface area contributed by atoms with Crippen molar-refractivity contribution in [3.8, 4) is 0 Å². The Bertz CT molecular complexity index is 135. The molecule has 1 saturated carbocycles. The monoisotopic (exact) mass is 184 g/mol. The second-order valence-corrected chi connectivity index (χ2v) is 4.36. The molecular weight excluding hydrogens is 164 g/mol. The average molecular weight is 184 g/mol. The zero-order valence-corrected chi connectivity index (χ0v) is 8.17. The number of hydrogen-bond acceptors (Lipinski definition) is 3. The lowest BCUT2D eigenvalue weighted by Crippen LogP contribution is -2.45. The van der Waals surface area contributed by atoms with Crippen molar-refractivity contribution in [3.05, 3.63) is 0 Å². The lowest BCUT2D eigenvalue weighted by Gasteiger charge is -2.27. The highest BCUT2D eigenvalue weighted by Crippen LogP contribution is 2.32. The lowest BCUT2D eigenvalue weighted by atomic mass is 9.87. The van der Waals surface area contributed by atoms with E-state index in [0.29, 0.717) is 12.0 Å². The molecule has 0 aromatic rings. The number of nitrogens with one attached hydrogen (secondary N) is 1. The summed E-state index contributed by atoms with van der Waals surface area (Å²) in [5, 5.41) is 0. The molecule has 2 atom stereocenters. The summed E-state index contributed by atoms with van der Waals surface area (Å²) in [5.41, 5.74) is 3.01. The van der Waals surface area contributed by atoms with Crippen molar-refractivity contribution in [2.24, 2.45) is 17.7 Å². The fourth-order valence-corrected chi connectivity index (χ4v) is 2.81. The summed E-state index contributed by atoms with van der Waals surface area (Å²) in [4.78, 5) is 0. The van der Waals surface area contributed by atoms with E-state index in [-0.39, 0.29) is 0 Å². The minimum Gasteiger partial charge on any atom is -0.381 e. The number of hydrogen-bond donors (Lipinski definition) is 2. The van der Waals surface area contributed by atoms with Crippen molar-refractivity contribution in [2.45, 2.75) is 38.1 Å². The van der Waals surface area contributed by atoms with E-state index in [4.69, 9.17) is 10.6 Å². The molecule has 2 rings (SSSR count). The maximum Gasteiger partial charge on any atom is 0.0510 e. The average Bonchev–Trinajstić information content (AvgIpc) is 2.76. The van der Waals surface area contributed by atoms with Crippen molar-refractivity contribution >= 4 is 0 Å². The lowest BCUT2D eigenvalue weighted by molar-refractivity contribution is 0.165. The summed E-state index contributed by atoms with van der Waals surface area (Å²) in [5.74, 6) is 7.09. The molecule has 0 radical (unpaired) electrons. The Balaban J connectivity index is 1.90. The molecule has 76 valence electrons. The van der Waals surface area contributed by atoms with Gasteiger partial charge >= 0.3 is 0 Å². The highest BCUT2D eigenvalue weighted by Gasteiger charge is 2.32. The summed E-state index contributed by atoms with van der Waals surface area (Å²) in [6.07, 6.45) is 6.66. The van der Waals surface area contributed by atoms with Gasteiger partial charge in [-0.3, -0.25) is 11.3 Å². The molecule has 1 aliphatic carbocycles. The number of ether oxygens (including phenoxy) is 1. The molecule has 3 heteroatoms. The van der Waals surface area contributed by atoms with Crippen LogP contribution in [0.15, 0.2) is 0 Å². The number of rotatable bonds is 3. The van der Waals surface area contributed by atoms with E-state index >= 15 is 0 Å². The van der Waals surface area contributed by atoms with E-state index in [1.54, 1.807) is 0 Å². The first-order valence-corrected chi connectivity index (χ1v) is 5.45. The molecule has 1 heterocycles. The van der Waals surface area contributed by atoms with Crippen molar-refractivity contribution in [3.63, 3.8) is 0 Å². The normalized spacial score (nSPS) is 32.5. The Hall–Kier alpha value is -0.120. The standard InChI is InChI=1S/C10H20N2O/c11-12-10(8-3-1-2-4-8)9-5-6-13-7-9/h8-10,12H,1-7,11H2. The van der Waals surface area contributed by atoms with Crippen molar-refractivity contribution in [1.29, 1.82) is 0 Å². The van der Waals surface area contributed by atoms with Gasteiger partial charge in [0.2, 0.25) is 0 Å². The van der Waals surface area contributed by atoms with Gasteiger partial charge in [0.25, 0.3) is 0 Å². The molecule has 3 nitrogen and oxygen atoms in total. The SMILES string of the molecule is NNC(C1CCCC1)C1CCOC1. The highest BCUT2D eigenvalue weighted by atomic mass is 16.5. The van der Waals surface area contributed by atoms with Gasteiger partial charge in [-0.2, -0.15) is 0 Å². The molecule has 0 aromatic carbocycles. The van der Waals surface area contributed by atoms with Crippen LogP contribution >= 0.6 is 0 Å². The van der Waals surface area contributed by atoms with Crippen LogP contribution in [0.4, 0.5) is 0 Å². The maximum atomic E-state index is 5.63. The Morgan fingerprint density at radius 2 is 1.92 bits per heavy atom. The third-order valence-electron chi connectivity index (χ3n) is 3.57. The second-order valence-electron chi connectivity index (χ2n) is 4.36. The molecular formula is C10H20N2O. The predicted molar refractivity (Wildman–Crippen MR) is 52.0 cm³/mol. The smallest absolute Gasteiger partial charge is 0.0510 e. The van der Waals surface area contributed by atoms with E-state index in [2.05, 4.69) is 5.43 Å². The third-order valence-corrected chi connectivity index (χ3v) is 3.57. The van der Waals surface area contributed by atoms with Gasteiger partial charge in [-0.1, -0.05) is 12.8 Å². The molecule has 1 saturated heterocycles. The van der Waals surface area contributed by atoms with Gasteiger partial charge in [-0.05, 0) is 25.2 Å². The third kappa shape index (κ3) is 2.03. The van der Waals surface area contributed by atoms with Gasteiger partial charge in [0.1, 0.15) is 0 Å². The first-order valence-electron chi connectivity index (χ1n) is 5.45. The van der Waals surface area contributed by atoms with Crippen LogP contribution in [0.5, 0.6) is 0 Å². The van der Waals surface area contributed by atoms with Crippen LogP contribution in [0.2, 0.25) is 0 Å². The van der Waals surface area contributed by atoms with Crippen LogP contribution in [0.3, 0.4) is 0 Å². The summed E-state index contributed by atoms with van der Waals surface area (Å²) in [6, 6.07) is 0.505. The Kier molecular flexibility index (Phi) is 3.19. The second kappa shape index (κ2) is 4.40. The first-order chi connectivity index (χ1) is 6.42. The van der Waals surface area contributed by atoms with Crippen LogP contribution in [-0.4, -0.2) is 19.3 Å². The minimum absolute atomic E-state index is 0.505. The number of hydrazine groups is 1. The van der Waals surface area contributed by atoms with E-state index in [9.17, 15) is 0 Å². The summed E-state index contributed by atoms with van der Waals surface area (Å²) in [7, 11) is 0. The van der Waals surface area contributed by atoms with Gasteiger partial charge in [0.05, 0.1) is 6.61 Å². The Morgan fingerprint density at radius 1 is 1.15 bits per heavy atom. The zero-order valence-electron chi connectivity index (χ0n) is 8.17. The van der Waals surface area contributed by atoms with E-state index < -0.39 is 0 Å². The van der Waals surface area contributed by atoms with Gasteiger partial charge in [0, 0.05) is 18.6 Å². The zero-order chi connectivity index (χ0) is 9.10. The van der Waals surface area contributed by atoms with E-state index in [1.807, 2.05) is 0 Å². The predicted octanol–water partition coefficient (Wildman–Crippen LogP) is 1.04. The molecule has 1 aliphatic heterocycles. The molecule has 2 unspecified atom stereocenters. The van der Waals surface area contributed by atoms with Crippen LogP contribution < -0.4 is 11.3 Å². The van der Waals surface area contributed by atoms with Crippen LogP contribution in [-0.2, 0) is 4.74 Å². The fourth-order valence-electron chi connectivity index (χ4n) is 2.81. The highest BCUT2D eigenvalue weighted by molar-refractivity contribution is 4.86. The fraction of sp³-hybridized carbons (Fsp3) is 1.00. The van der Waals surface area contributed by atoms with Gasteiger partial charge in [-0.25, -0.2) is 0 Å². The Labute approximate surface area is 80.0 Å². The van der Waals surface area contributed by atoms with Crippen LogP contribution in [0.25, 0.3) is 0 Å². The summed E-state index contributed by atoms with van der Waals surface area (Å²) >= 11 is 0. The molecule has 0 amide bonds. The van der Waals surface area contributed by atoms with Gasteiger partial charge < -0.3 is 4.74 Å². The van der Waals surface area contributed by atoms with Crippen LogP contribution in [0, 0.1) is 11.8 Å². The molecule has 2 aliphatic rings. The van der Waals surface area contributed by atoms with Crippen molar-refractivity contribution < 1.29 is 4.74 Å². The topological polar surface area (TPSA) is 47.3 Å². The maximum absolute atomic E-state index is 5.63. The summed E-state index contributed by atoms with van der Waals surface area (Å²) in [6.45, 7) is 1.83. The largest absolute Gasteiger partial charge is 0.381 e. The molecule has 0 spiro atoms.